The van der Waals surface area contributed by atoms with Crippen LogP contribution in [0.3, 0.4) is 0 Å². The highest BCUT2D eigenvalue weighted by Gasteiger charge is 2.09. The fourth-order valence-electron chi connectivity index (χ4n) is 2.05. The highest BCUT2D eigenvalue weighted by molar-refractivity contribution is 7.21. The van der Waals surface area contributed by atoms with Crippen molar-refractivity contribution in [2.45, 2.75) is 0 Å². The van der Waals surface area contributed by atoms with Gasteiger partial charge in [0.05, 0.1) is 15.2 Å². The van der Waals surface area contributed by atoms with Gasteiger partial charge in [-0.2, -0.15) is 0 Å². The van der Waals surface area contributed by atoms with E-state index in [0.717, 1.165) is 21.9 Å². The maximum atomic E-state index is 5.98. The summed E-state index contributed by atoms with van der Waals surface area (Å²) in [6, 6.07) is 11.8. The topological polar surface area (TPSA) is 30.2 Å². The molecule has 3 nitrogen and oxygen atoms in total. The fraction of sp³-hybridized carbons (Fsp3) is 0. The van der Waals surface area contributed by atoms with Gasteiger partial charge in [0.25, 0.3) is 0 Å². The Morgan fingerprint density at radius 1 is 1.00 bits per heavy atom. The average molecular weight is 286 g/mol. The molecule has 0 unspecified atom stereocenters. The Morgan fingerprint density at radius 2 is 1.89 bits per heavy atom. The molecular formula is C14H8ClN3S. The number of hydrogen-bond donors (Lipinski definition) is 0. The largest absolute Gasteiger partial charge is 0.305 e. The van der Waals surface area contributed by atoms with E-state index in [1.165, 1.54) is 4.70 Å². The van der Waals surface area contributed by atoms with Gasteiger partial charge in [0, 0.05) is 12.4 Å². The second-order valence-corrected chi connectivity index (χ2v) is 5.69. The van der Waals surface area contributed by atoms with Crippen molar-refractivity contribution in [3.8, 4) is 10.7 Å². The summed E-state index contributed by atoms with van der Waals surface area (Å²) in [6.07, 6.45) is 3.81. The summed E-state index contributed by atoms with van der Waals surface area (Å²) in [5.41, 5.74) is 2.76. The summed E-state index contributed by atoms with van der Waals surface area (Å²) >= 11 is 7.63. The molecule has 4 aromatic rings. The van der Waals surface area contributed by atoms with Crippen molar-refractivity contribution in [2.75, 3.05) is 0 Å². The lowest BCUT2D eigenvalue weighted by molar-refractivity contribution is 1.19. The third kappa shape index (κ3) is 1.80. The summed E-state index contributed by atoms with van der Waals surface area (Å²) < 4.78 is 3.09. The van der Waals surface area contributed by atoms with Crippen molar-refractivity contribution in [3.05, 3.63) is 53.8 Å². The van der Waals surface area contributed by atoms with Crippen LogP contribution in [0.4, 0.5) is 0 Å². The van der Waals surface area contributed by atoms with Crippen LogP contribution in [0.2, 0.25) is 5.02 Å². The minimum atomic E-state index is 0.695. The van der Waals surface area contributed by atoms with Crippen LogP contribution >= 0.6 is 22.9 Å². The van der Waals surface area contributed by atoms with Crippen molar-refractivity contribution in [2.24, 2.45) is 0 Å². The molecular weight excluding hydrogens is 278 g/mol. The molecule has 0 fully saturated rings. The molecule has 3 aromatic heterocycles. The Morgan fingerprint density at radius 3 is 2.79 bits per heavy atom. The third-order valence-electron chi connectivity index (χ3n) is 2.93. The maximum Gasteiger partial charge on any atom is 0.144 e. The highest BCUT2D eigenvalue weighted by Crippen LogP contribution is 2.29. The molecule has 5 heteroatoms. The smallest absolute Gasteiger partial charge is 0.144 e. The number of benzene rings is 1. The third-order valence-corrected chi connectivity index (χ3v) is 4.21. The molecule has 1 aromatic carbocycles. The van der Waals surface area contributed by atoms with E-state index in [1.807, 2.05) is 47.1 Å². The molecule has 0 aliphatic carbocycles. The molecule has 0 saturated carbocycles. The summed E-state index contributed by atoms with van der Waals surface area (Å²) in [5, 5.41) is 1.63. The number of para-hydroxylation sites is 1. The fourth-order valence-corrected chi connectivity index (χ4v) is 3.14. The number of fused-ring (bicyclic) bond motifs is 2. The lowest BCUT2D eigenvalue weighted by Gasteiger charge is -1.91. The van der Waals surface area contributed by atoms with Crippen molar-refractivity contribution >= 4 is 38.8 Å². The van der Waals surface area contributed by atoms with E-state index in [1.54, 1.807) is 11.3 Å². The molecule has 4 rings (SSSR count). The van der Waals surface area contributed by atoms with Gasteiger partial charge in [-0.05, 0) is 24.3 Å². The van der Waals surface area contributed by atoms with E-state index in [4.69, 9.17) is 11.6 Å². The van der Waals surface area contributed by atoms with Crippen LogP contribution in [0.15, 0.2) is 48.8 Å². The Hall–Kier alpha value is -1.91. The molecule has 0 bridgehead atoms. The number of hydrogen-bond acceptors (Lipinski definition) is 3. The van der Waals surface area contributed by atoms with E-state index < -0.39 is 0 Å². The van der Waals surface area contributed by atoms with Crippen LogP contribution in [-0.2, 0) is 0 Å². The Balaban J connectivity index is 1.93. The number of imidazole rings is 1. The number of halogens is 1. The summed E-state index contributed by atoms with van der Waals surface area (Å²) in [7, 11) is 0. The van der Waals surface area contributed by atoms with Crippen LogP contribution in [0.1, 0.15) is 0 Å². The van der Waals surface area contributed by atoms with Gasteiger partial charge >= 0.3 is 0 Å². The van der Waals surface area contributed by atoms with Gasteiger partial charge < -0.3 is 4.40 Å². The maximum absolute atomic E-state index is 5.98. The second kappa shape index (κ2) is 4.05. The van der Waals surface area contributed by atoms with Crippen LogP contribution in [-0.4, -0.2) is 14.4 Å². The van der Waals surface area contributed by atoms with E-state index in [0.29, 0.717) is 5.02 Å². The SMILES string of the molecule is Clc1ccc2nc(-c3nc4ccccc4s3)cn2c1. The van der Waals surface area contributed by atoms with Gasteiger partial charge in [-0.1, -0.05) is 23.7 Å². The first-order valence-electron chi connectivity index (χ1n) is 5.80. The summed E-state index contributed by atoms with van der Waals surface area (Å²) in [5.74, 6) is 0. The molecule has 0 atom stereocenters. The molecule has 92 valence electrons. The minimum Gasteiger partial charge on any atom is -0.305 e. The molecule has 3 heterocycles. The number of aromatic nitrogens is 3. The van der Waals surface area contributed by atoms with Gasteiger partial charge in [-0.15, -0.1) is 11.3 Å². The minimum absolute atomic E-state index is 0.695. The van der Waals surface area contributed by atoms with Crippen LogP contribution in [0.25, 0.3) is 26.6 Å². The zero-order valence-electron chi connectivity index (χ0n) is 9.75. The summed E-state index contributed by atoms with van der Waals surface area (Å²) in [6.45, 7) is 0. The molecule has 19 heavy (non-hydrogen) atoms. The van der Waals surface area contributed by atoms with Crippen LogP contribution in [0.5, 0.6) is 0 Å². The van der Waals surface area contributed by atoms with Gasteiger partial charge in [0.15, 0.2) is 0 Å². The van der Waals surface area contributed by atoms with Crippen LogP contribution in [0, 0.1) is 0 Å². The molecule has 0 aliphatic rings. The van der Waals surface area contributed by atoms with Crippen molar-refractivity contribution in [3.63, 3.8) is 0 Å². The van der Waals surface area contributed by atoms with E-state index in [2.05, 4.69) is 16.0 Å². The Kier molecular flexibility index (Phi) is 2.33. The van der Waals surface area contributed by atoms with Gasteiger partial charge in [0.1, 0.15) is 16.3 Å². The first-order chi connectivity index (χ1) is 9.29. The number of thiazole rings is 1. The molecule has 0 aliphatic heterocycles. The normalized spacial score (nSPS) is 11.4. The van der Waals surface area contributed by atoms with Gasteiger partial charge in [-0.25, -0.2) is 9.97 Å². The number of rotatable bonds is 1. The zero-order chi connectivity index (χ0) is 12.8. The lowest BCUT2D eigenvalue weighted by Crippen LogP contribution is -1.79. The van der Waals surface area contributed by atoms with Crippen molar-refractivity contribution in [1.29, 1.82) is 0 Å². The molecule has 0 amide bonds. The molecule has 0 saturated heterocycles. The van der Waals surface area contributed by atoms with E-state index >= 15 is 0 Å². The predicted octanol–water partition coefficient (Wildman–Crippen LogP) is 4.26. The lowest BCUT2D eigenvalue weighted by atomic mass is 10.3. The van der Waals surface area contributed by atoms with Crippen molar-refractivity contribution < 1.29 is 0 Å². The highest BCUT2D eigenvalue weighted by atomic mass is 35.5. The predicted molar refractivity (Wildman–Crippen MR) is 78.8 cm³/mol. The Labute approximate surface area is 118 Å². The first kappa shape index (κ1) is 11.0. The second-order valence-electron chi connectivity index (χ2n) is 4.23. The quantitative estimate of drug-likeness (QED) is 0.523. The molecule has 0 spiro atoms. The number of nitrogens with zero attached hydrogens (tertiary/aromatic N) is 3. The molecule has 0 N–H and O–H groups in total. The Bertz CT molecular complexity index is 861. The van der Waals surface area contributed by atoms with E-state index in [-0.39, 0.29) is 0 Å². The summed E-state index contributed by atoms with van der Waals surface area (Å²) in [4.78, 5) is 9.18. The standard InChI is InChI=1S/C14H8ClN3S/c15-9-5-6-13-16-11(8-18(13)7-9)14-17-10-3-1-2-4-12(10)19-14/h1-8H. The monoisotopic (exact) mass is 285 g/mol. The zero-order valence-corrected chi connectivity index (χ0v) is 11.3. The number of pyridine rings is 1. The van der Waals surface area contributed by atoms with Gasteiger partial charge in [0.2, 0.25) is 0 Å². The molecule has 0 radical (unpaired) electrons. The van der Waals surface area contributed by atoms with Crippen LogP contribution < -0.4 is 0 Å². The first-order valence-corrected chi connectivity index (χ1v) is 6.99. The van der Waals surface area contributed by atoms with Crippen molar-refractivity contribution in [1.82, 2.24) is 14.4 Å². The van der Waals surface area contributed by atoms with Gasteiger partial charge in [-0.3, -0.25) is 0 Å². The van der Waals surface area contributed by atoms with E-state index in [9.17, 15) is 0 Å². The average Bonchev–Trinajstić information content (AvgIpc) is 3.00.